The second kappa shape index (κ2) is 10.4. The molecule has 10 aromatic rings. The Labute approximate surface area is 287 Å². The van der Waals surface area contributed by atoms with E-state index in [1.807, 2.05) is 29.7 Å². The topological polar surface area (TPSA) is 29.3 Å². The molecule has 10 rings (SSSR count). The van der Waals surface area contributed by atoms with Crippen molar-refractivity contribution >= 4 is 103 Å². The maximum absolute atomic E-state index is 6.21. The summed E-state index contributed by atoms with van der Waals surface area (Å²) in [5.41, 5.74) is 5.13. The van der Waals surface area contributed by atoms with E-state index in [0.29, 0.717) is 0 Å². The number of pyridine rings is 1. The first kappa shape index (κ1) is 28.3. The molecule has 4 heteroatoms. The van der Waals surface area contributed by atoms with Crippen LogP contribution in [0.3, 0.4) is 0 Å². The van der Waals surface area contributed by atoms with Crippen LogP contribution < -0.4 is 4.90 Å². The largest absolute Gasteiger partial charge is 0.456 e. The SMILES string of the molecule is CC(C)(C)c1ccnc(N(c2ccc3c(c2)sc2cc4c5ccccc5c5ccccc5c4cc23)c2ccc3oc4ccccc4c3c2)c1. The molecule has 0 saturated carbocycles. The number of thiophene rings is 1. The first-order valence-corrected chi connectivity index (χ1v) is 17.6. The summed E-state index contributed by atoms with van der Waals surface area (Å²) in [5, 5.41) is 12.6. The van der Waals surface area contributed by atoms with Gasteiger partial charge in [0, 0.05) is 48.5 Å². The van der Waals surface area contributed by atoms with Crippen LogP contribution in [-0.2, 0) is 5.41 Å². The van der Waals surface area contributed by atoms with Crippen LogP contribution in [0.5, 0.6) is 0 Å². The van der Waals surface area contributed by atoms with Gasteiger partial charge in [0.05, 0.1) is 0 Å². The summed E-state index contributed by atoms with van der Waals surface area (Å²) in [6.07, 6.45) is 1.94. The fraction of sp³-hybridized carbons (Fsp3) is 0.0889. The van der Waals surface area contributed by atoms with E-state index < -0.39 is 0 Å². The minimum Gasteiger partial charge on any atom is -0.456 e. The zero-order valence-corrected chi connectivity index (χ0v) is 28.3. The van der Waals surface area contributed by atoms with Gasteiger partial charge in [-0.3, -0.25) is 4.90 Å². The van der Waals surface area contributed by atoms with Gasteiger partial charge in [0.25, 0.3) is 0 Å². The number of furan rings is 1. The molecule has 0 radical (unpaired) electrons. The summed E-state index contributed by atoms with van der Waals surface area (Å²) in [6.45, 7) is 6.75. The maximum Gasteiger partial charge on any atom is 0.137 e. The fourth-order valence-corrected chi connectivity index (χ4v) is 8.74. The highest BCUT2D eigenvalue weighted by atomic mass is 32.1. The molecule has 0 N–H and O–H groups in total. The van der Waals surface area contributed by atoms with E-state index in [1.165, 1.54) is 58.1 Å². The number of anilines is 3. The molecule has 7 aromatic carbocycles. The van der Waals surface area contributed by atoms with Crippen molar-refractivity contribution in [2.24, 2.45) is 0 Å². The maximum atomic E-state index is 6.21. The van der Waals surface area contributed by atoms with Gasteiger partial charge in [0.15, 0.2) is 0 Å². The van der Waals surface area contributed by atoms with E-state index in [1.54, 1.807) is 0 Å². The van der Waals surface area contributed by atoms with Gasteiger partial charge in [-0.2, -0.15) is 0 Å². The van der Waals surface area contributed by atoms with Gasteiger partial charge in [-0.05, 0) is 104 Å². The fourth-order valence-electron chi connectivity index (χ4n) is 7.58. The van der Waals surface area contributed by atoms with E-state index in [9.17, 15) is 0 Å². The number of rotatable bonds is 3. The normalized spacial score (nSPS) is 12.4. The summed E-state index contributed by atoms with van der Waals surface area (Å²) in [7, 11) is 0. The van der Waals surface area contributed by atoms with Crippen molar-refractivity contribution in [2.45, 2.75) is 26.2 Å². The summed E-state index contributed by atoms with van der Waals surface area (Å²) in [5.74, 6) is 0.892. The monoisotopic (exact) mass is 648 g/mol. The van der Waals surface area contributed by atoms with E-state index in [0.717, 1.165) is 39.1 Å². The highest BCUT2D eigenvalue weighted by Crippen LogP contribution is 2.45. The zero-order chi connectivity index (χ0) is 32.9. The molecular formula is C45H32N2OS. The molecule has 0 fully saturated rings. The molecule has 3 aromatic heterocycles. The summed E-state index contributed by atoms with van der Waals surface area (Å²) in [6, 6.07) is 48.4. The molecule has 0 bridgehead atoms. The van der Waals surface area contributed by atoms with Gasteiger partial charge in [-0.15, -0.1) is 11.3 Å². The summed E-state index contributed by atoms with van der Waals surface area (Å²) < 4.78 is 8.76. The van der Waals surface area contributed by atoms with Crippen LogP contribution >= 0.6 is 11.3 Å². The second-order valence-electron chi connectivity index (χ2n) is 14.0. The Bertz CT molecular complexity index is 2940. The quantitative estimate of drug-likeness (QED) is 0.179. The molecule has 0 aliphatic heterocycles. The van der Waals surface area contributed by atoms with Crippen molar-refractivity contribution in [1.29, 1.82) is 0 Å². The Balaban J connectivity index is 1.21. The Hall–Kier alpha value is -5.71. The standard InChI is InChI=1S/C45H32N2OS/c1-45(2,3)27-20-21-46-44(22-27)47(28-17-19-41-38(23-28)34-14-8-9-15-40(34)48-41)29-16-18-35-39-25-36-32-12-6-4-10-30(32)31-11-5-7-13-33(31)37(36)26-43(39)49-42(35)24-29/h4-26H,1-3H3. The Morgan fingerprint density at radius 3 is 1.82 bits per heavy atom. The van der Waals surface area contributed by atoms with Crippen molar-refractivity contribution in [2.75, 3.05) is 4.90 Å². The molecule has 0 atom stereocenters. The number of hydrogen-bond donors (Lipinski definition) is 0. The average molecular weight is 649 g/mol. The van der Waals surface area contributed by atoms with Crippen LogP contribution in [0.15, 0.2) is 144 Å². The highest BCUT2D eigenvalue weighted by molar-refractivity contribution is 7.26. The predicted octanol–water partition coefficient (Wildman–Crippen LogP) is 13.6. The lowest BCUT2D eigenvalue weighted by Crippen LogP contribution is -2.15. The zero-order valence-electron chi connectivity index (χ0n) is 27.5. The summed E-state index contributed by atoms with van der Waals surface area (Å²) in [4.78, 5) is 7.25. The third-order valence-electron chi connectivity index (χ3n) is 10.0. The van der Waals surface area contributed by atoms with E-state index in [-0.39, 0.29) is 5.41 Å². The second-order valence-corrected chi connectivity index (χ2v) is 15.1. The molecular weight excluding hydrogens is 617 g/mol. The smallest absolute Gasteiger partial charge is 0.137 e. The molecule has 0 amide bonds. The number of nitrogens with zero attached hydrogens (tertiary/aromatic N) is 2. The van der Waals surface area contributed by atoms with Crippen LogP contribution in [0, 0.1) is 0 Å². The van der Waals surface area contributed by atoms with Gasteiger partial charge in [0.1, 0.15) is 17.0 Å². The van der Waals surface area contributed by atoms with Gasteiger partial charge in [-0.25, -0.2) is 4.98 Å². The molecule has 3 heterocycles. The van der Waals surface area contributed by atoms with Gasteiger partial charge in [0.2, 0.25) is 0 Å². The van der Waals surface area contributed by atoms with Crippen molar-refractivity contribution in [1.82, 2.24) is 4.98 Å². The van der Waals surface area contributed by atoms with Crippen LogP contribution in [0.4, 0.5) is 17.2 Å². The van der Waals surface area contributed by atoms with Crippen LogP contribution in [0.25, 0.3) is 74.4 Å². The van der Waals surface area contributed by atoms with Crippen LogP contribution in [0.2, 0.25) is 0 Å². The lowest BCUT2D eigenvalue weighted by atomic mass is 9.87. The summed E-state index contributed by atoms with van der Waals surface area (Å²) >= 11 is 1.86. The Kier molecular flexibility index (Phi) is 6.01. The van der Waals surface area contributed by atoms with E-state index in [2.05, 4.69) is 147 Å². The van der Waals surface area contributed by atoms with Crippen LogP contribution in [0.1, 0.15) is 26.3 Å². The molecule has 49 heavy (non-hydrogen) atoms. The molecule has 0 aliphatic carbocycles. The number of aromatic nitrogens is 1. The minimum atomic E-state index is -0.0140. The van der Waals surface area contributed by atoms with Gasteiger partial charge < -0.3 is 4.42 Å². The predicted molar refractivity (Wildman–Crippen MR) is 210 cm³/mol. The van der Waals surface area contributed by atoms with Crippen molar-refractivity contribution in [3.8, 4) is 0 Å². The van der Waals surface area contributed by atoms with Crippen molar-refractivity contribution in [3.63, 3.8) is 0 Å². The Morgan fingerprint density at radius 2 is 1.08 bits per heavy atom. The molecule has 0 unspecified atom stereocenters. The van der Waals surface area contributed by atoms with Gasteiger partial charge >= 0.3 is 0 Å². The Morgan fingerprint density at radius 1 is 0.490 bits per heavy atom. The van der Waals surface area contributed by atoms with Crippen molar-refractivity contribution in [3.05, 3.63) is 145 Å². The van der Waals surface area contributed by atoms with Gasteiger partial charge in [-0.1, -0.05) is 93.6 Å². The van der Waals surface area contributed by atoms with Crippen molar-refractivity contribution < 1.29 is 4.42 Å². The lowest BCUT2D eigenvalue weighted by Gasteiger charge is -2.27. The third kappa shape index (κ3) is 4.37. The first-order chi connectivity index (χ1) is 23.9. The van der Waals surface area contributed by atoms with E-state index in [4.69, 9.17) is 9.40 Å². The molecule has 0 spiro atoms. The number of benzene rings is 7. The molecule has 3 nitrogen and oxygen atoms in total. The molecule has 0 saturated heterocycles. The first-order valence-electron chi connectivity index (χ1n) is 16.8. The average Bonchev–Trinajstić information content (AvgIpc) is 3.68. The lowest BCUT2D eigenvalue weighted by molar-refractivity contribution is 0.589. The van der Waals surface area contributed by atoms with Crippen LogP contribution in [-0.4, -0.2) is 4.98 Å². The molecule has 234 valence electrons. The van der Waals surface area contributed by atoms with E-state index >= 15 is 0 Å². The minimum absolute atomic E-state index is 0.0140. The molecule has 0 aliphatic rings. The number of hydrogen-bond acceptors (Lipinski definition) is 4. The highest BCUT2D eigenvalue weighted by Gasteiger charge is 2.21. The third-order valence-corrected chi connectivity index (χ3v) is 11.2. The number of fused-ring (bicyclic) bond motifs is 12. The number of para-hydroxylation sites is 1.